The van der Waals surface area contributed by atoms with Crippen molar-refractivity contribution >= 4 is 29.2 Å². The summed E-state index contributed by atoms with van der Waals surface area (Å²) >= 11 is 1.49. The van der Waals surface area contributed by atoms with Gasteiger partial charge in [0.05, 0.1) is 16.7 Å². The molecule has 0 aliphatic heterocycles. The first-order valence-electron chi connectivity index (χ1n) is 7.38. The standard InChI is InChI=1S/C17H18N2O4S/c1-12(2)23-17(20)18-15-10-14(19(21)22)8-9-16(15)24-11-13-6-4-3-5-7-13/h3-10,12H,11H2,1-2H3,(H,18,20). The van der Waals surface area contributed by atoms with Crippen LogP contribution in [0.4, 0.5) is 16.2 Å². The highest BCUT2D eigenvalue weighted by atomic mass is 32.2. The largest absolute Gasteiger partial charge is 0.447 e. The van der Waals surface area contributed by atoms with Gasteiger partial charge in [-0.2, -0.15) is 0 Å². The van der Waals surface area contributed by atoms with E-state index < -0.39 is 11.0 Å². The van der Waals surface area contributed by atoms with Gasteiger partial charge in [0.15, 0.2) is 0 Å². The van der Waals surface area contributed by atoms with Crippen LogP contribution in [0.25, 0.3) is 0 Å². The molecule has 0 unspecified atom stereocenters. The van der Waals surface area contributed by atoms with Crippen molar-refractivity contribution in [2.24, 2.45) is 0 Å². The molecule has 2 rings (SSSR count). The number of nitrogens with one attached hydrogen (secondary N) is 1. The van der Waals surface area contributed by atoms with Crippen LogP contribution in [0.3, 0.4) is 0 Å². The predicted octanol–water partition coefficient (Wildman–Crippen LogP) is 4.84. The van der Waals surface area contributed by atoms with Crippen LogP contribution in [0.1, 0.15) is 19.4 Å². The molecule has 126 valence electrons. The number of hydrogen-bond acceptors (Lipinski definition) is 5. The van der Waals surface area contributed by atoms with Gasteiger partial charge >= 0.3 is 6.09 Å². The summed E-state index contributed by atoms with van der Waals surface area (Å²) in [6.07, 6.45) is -0.906. The number of benzene rings is 2. The zero-order chi connectivity index (χ0) is 17.5. The number of non-ortho nitro benzene ring substituents is 1. The van der Waals surface area contributed by atoms with Gasteiger partial charge in [0.25, 0.3) is 5.69 Å². The van der Waals surface area contributed by atoms with Gasteiger partial charge in [-0.05, 0) is 25.5 Å². The van der Waals surface area contributed by atoms with Gasteiger partial charge in [0.1, 0.15) is 0 Å². The highest BCUT2D eigenvalue weighted by Gasteiger charge is 2.15. The van der Waals surface area contributed by atoms with E-state index in [1.54, 1.807) is 19.9 Å². The zero-order valence-corrected chi connectivity index (χ0v) is 14.2. The third-order valence-electron chi connectivity index (χ3n) is 2.99. The lowest BCUT2D eigenvalue weighted by Crippen LogP contribution is -2.18. The number of thioether (sulfide) groups is 1. The van der Waals surface area contributed by atoms with E-state index in [2.05, 4.69) is 5.32 Å². The molecule has 0 fully saturated rings. The average Bonchev–Trinajstić information content (AvgIpc) is 2.53. The first-order valence-corrected chi connectivity index (χ1v) is 8.37. The number of hydrogen-bond donors (Lipinski definition) is 1. The highest BCUT2D eigenvalue weighted by Crippen LogP contribution is 2.33. The predicted molar refractivity (Wildman–Crippen MR) is 94.3 cm³/mol. The molecule has 24 heavy (non-hydrogen) atoms. The molecule has 0 heterocycles. The van der Waals surface area contributed by atoms with Crippen molar-refractivity contribution in [1.29, 1.82) is 0 Å². The number of rotatable bonds is 6. The Morgan fingerprint density at radius 2 is 1.96 bits per heavy atom. The summed E-state index contributed by atoms with van der Waals surface area (Å²) in [4.78, 5) is 23.0. The lowest BCUT2D eigenvalue weighted by Gasteiger charge is -2.13. The Morgan fingerprint density at radius 3 is 2.58 bits per heavy atom. The van der Waals surface area contributed by atoms with Gasteiger partial charge in [0, 0.05) is 22.8 Å². The van der Waals surface area contributed by atoms with Gasteiger partial charge in [0.2, 0.25) is 0 Å². The van der Waals surface area contributed by atoms with Crippen LogP contribution in [0, 0.1) is 10.1 Å². The van der Waals surface area contributed by atoms with Gasteiger partial charge < -0.3 is 4.74 Å². The Hall–Kier alpha value is -2.54. The molecule has 7 heteroatoms. The summed E-state index contributed by atoms with van der Waals surface area (Å²) in [5, 5.41) is 13.5. The van der Waals surface area contributed by atoms with Crippen molar-refractivity contribution in [3.63, 3.8) is 0 Å². The van der Waals surface area contributed by atoms with E-state index in [-0.39, 0.29) is 11.8 Å². The number of nitro benzene ring substituents is 1. The van der Waals surface area contributed by atoms with Crippen molar-refractivity contribution in [3.8, 4) is 0 Å². The van der Waals surface area contributed by atoms with Crippen molar-refractivity contribution in [2.45, 2.75) is 30.6 Å². The Labute approximate surface area is 144 Å². The molecule has 0 saturated carbocycles. The molecule has 0 bridgehead atoms. The van der Waals surface area contributed by atoms with Gasteiger partial charge in [-0.3, -0.25) is 15.4 Å². The summed E-state index contributed by atoms with van der Waals surface area (Å²) in [5.74, 6) is 0.687. The Bertz CT molecular complexity index is 720. The van der Waals surface area contributed by atoms with Crippen LogP contribution < -0.4 is 5.32 Å². The number of anilines is 1. The number of carbonyl (C=O) groups excluding carboxylic acids is 1. The minimum atomic E-state index is -0.632. The summed E-state index contributed by atoms with van der Waals surface area (Å²) < 4.78 is 5.04. The smallest absolute Gasteiger partial charge is 0.411 e. The molecular weight excluding hydrogens is 328 g/mol. The first-order chi connectivity index (χ1) is 11.5. The van der Waals surface area contributed by atoms with Crippen LogP contribution in [-0.2, 0) is 10.5 Å². The topological polar surface area (TPSA) is 81.5 Å². The van der Waals surface area contributed by atoms with Gasteiger partial charge in [-0.15, -0.1) is 11.8 Å². The Kier molecular flexibility index (Phi) is 6.20. The number of nitro groups is 1. The van der Waals surface area contributed by atoms with E-state index in [4.69, 9.17) is 4.74 Å². The fourth-order valence-corrected chi connectivity index (χ4v) is 2.89. The summed E-state index contributed by atoms with van der Waals surface area (Å²) in [7, 11) is 0. The van der Waals surface area contributed by atoms with E-state index in [1.807, 2.05) is 30.3 Å². The van der Waals surface area contributed by atoms with E-state index in [9.17, 15) is 14.9 Å². The lowest BCUT2D eigenvalue weighted by atomic mass is 10.2. The maximum atomic E-state index is 11.8. The Morgan fingerprint density at radius 1 is 1.25 bits per heavy atom. The number of carbonyl (C=O) groups is 1. The number of amides is 1. The summed E-state index contributed by atoms with van der Waals surface area (Å²) in [6, 6.07) is 14.2. The summed E-state index contributed by atoms with van der Waals surface area (Å²) in [6.45, 7) is 3.47. The quantitative estimate of drug-likeness (QED) is 0.459. The Balaban J connectivity index is 2.18. The maximum Gasteiger partial charge on any atom is 0.411 e. The molecule has 0 aromatic heterocycles. The molecule has 0 saturated heterocycles. The van der Waals surface area contributed by atoms with Gasteiger partial charge in [-0.25, -0.2) is 4.79 Å². The number of ether oxygens (including phenoxy) is 1. The van der Waals surface area contributed by atoms with E-state index in [1.165, 1.54) is 23.9 Å². The fourth-order valence-electron chi connectivity index (χ4n) is 1.94. The van der Waals surface area contributed by atoms with E-state index in [0.717, 1.165) is 10.5 Å². The van der Waals surface area contributed by atoms with Crippen molar-refractivity contribution in [1.82, 2.24) is 0 Å². The molecule has 6 nitrogen and oxygen atoms in total. The SMILES string of the molecule is CC(C)OC(=O)Nc1cc([N+](=O)[O-])ccc1SCc1ccccc1. The molecule has 1 amide bonds. The minimum Gasteiger partial charge on any atom is -0.447 e. The molecule has 2 aromatic carbocycles. The maximum absolute atomic E-state index is 11.8. The van der Waals surface area contributed by atoms with Crippen LogP contribution in [-0.4, -0.2) is 17.1 Å². The second-order valence-electron chi connectivity index (χ2n) is 5.29. The molecule has 1 N–H and O–H groups in total. The van der Waals surface area contributed by atoms with E-state index >= 15 is 0 Å². The highest BCUT2D eigenvalue weighted by molar-refractivity contribution is 7.98. The van der Waals surface area contributed by atoms with Gasteiger partial charge in [-0.1, -0.05) is 30.3 Å². The molecule has 0 radical (unpaired) electrons. The first kappa shape index (κ1) is 17.8. The number of nitrogens with zero attached hydrogens (tertiary/aromatic N) is 1. The van der Waals surface area contributed by atoms with Crippen molar-refractivity contribution in [2.75, 3.05) is 5.32 Å². The third-order valence-corrected chi connectivity index (χ3v) is 4.14. The fraction of sp³-hybridized carbons (Fsp3) is 0.235. The molecule has 2 aromatic rings. The van der Waals surface area contributed by atoms with Crippen molar-refractivity contribution in [3.05, 3.63) is 64.2 Å². The van der Waals surface area contributed by atoms with Crippen LogP contribution in [0.5, 0.6) is 0 Å². The minimum absolute atomic E-state index is 0.0843. The van der Waals surface area contributed by atoms with Crippen molar-refractivity contribution < 1.29 is 14.5 Å². The molecule has 0 atom stereocenters. The van der Waals surface area contributed by atoms with E-state index in [0.29, 0.717) is 11.4 Å². The third kappa shape index (κ3) is 5.27. The zero-order valence-electron chi connectivity index (χ0n) is 13.4. The molecule has 0 spiro atoms. The molecule has 0 aliphatic carbocycles. The molecule has 0 aliphatic rings. The second kappa shape index (κ2) is 8.35. The monoisotopic (exact) mass is 346 g/mol. The average molecular weight is 346 g/mol. The summed E-state index contributed by atoms with van der Waals surface area (Å²) in [5.41, 5.74) is 1.41. The second-order valence-corrected chi connectivity index (χ2v) is 6.31. The van der Waals surface area contributed by atoms with Crippen LogP contribution in [0.2, 0.25) is 0 Å². The lowest BCUT2D eigenvalue weighted by molar-refractivity contribution is -0.384. The molecular formula is C17H18N2O4S. The normalized spacial score (nSPS) is 10.5. The van der Waals surface area contributed by atoms with Crippen LogP contribution >= 0.6 is 11.8 Å². The van der Waals surface area contributed by atoms with Crippen LogP contribution in [0.15, 0.2) is 53.4 Å².